The Morgan fingerprint density at radius 2 is 2.00 bits per heavy atom. The average molecular weight is 119 g/mol. The molecule has 0 heterocycles. The van der Waals surface area contributed by atoms with Crippen molar-refractivity contribution >= 4 is 0 Å². The van der Waals surface area contributed by atoms with Crippen LogP contribution >= 0.6 is 0 Å². The van der Waals surface area contributed by atoms with Crippen molar-refractivity contribution in [3.8, 4) is 0 Å². The minimum Gasteiger partial charge on any atom is -0.323 e. The first-order valence-electron chi connectivity index (χ1n) is 2.85. The SMILES string of the molecule is CC(C)C(C)(N)CF. The maximum Gasteiger partial charge on any atom is 0.107 e. The predicted octanol–water partition coefficient (Wildman–Crippen LogP) is 1.33. The van der Waals surface area contributed by atoms with Crippen molar-refractivity contribution in [1.82, 2.24) is 0 Å². The molecular weight excluding hydrogens is 105 g/mol. The smallest absolute Gasteiger partial charge is 0.107 e. The molecule has 0 aromatic rings. The number of hydrogen-bond donors (Lipinski definition) is 1. The topological polar surface area (TPSA) is 26.0 Å². The summed E-state index contributed by atoms with van der Waals surface area (Å²) in [5.74, 6) is 0.215. The van der Waals surface area contributed by atoms with Crippen LogP contribution in [0.4, 0.5) is 4.39 Å². The minimum absolute atomic E-state index is 0.215. The molecule has 0 aliphatic rings. The highest BCUT2D eigenvalue weighted by molar-refractivity contribution is 4.80. The number of halogens is 1. The lowest BCUT2D eigenvalue weighted by Gasteiger charge is -2.24. The molecule has 1 nitrogen and oxygen atoms in total. The Hall–Kier alpha value is -0.110. The van der Waals surface area contributed by atoms with Crippen LogP contribution in [-0.4, -0.2) is 12.2 Å². The van der Waals surface area contributed by atoms with Crippen LogP contribution in [0.1, 0.15) is 20.8 Å². The summed E-state index contributed by atoms with van der Waals surface area (Å²) >= 11 is 0. The predicted molar refractivity (Wildman–Crippen MR) is 33.4 cm³/mol. The van der Waals surface area contributed by atoms with E-state index in [0.29, 0.717) is 0 Å². The van der Waals surface area contributed by atoms with Gasteiger partial charge in [0.25, 0.3) is 0 Å². The van der Waals surface area contributed by atoms with E-state index >= 15 is 0 Å². The zero-order chi connectivity index (χ0) is 6.78. The van der Waals surface area contributed by atoms with Gasteiger partial charge in [-0.3, -0.25) is 0 Å². The van der Waals surface area contributed by atoms with Gasteiger partial charge in [0.1, 0.15) is 6.67 Å². The van der Waals surface area contributed by atoms with Crippen LogP contribution in [0.2, 0.25) is 0 Å². The summed E-state index contributed by atoms with van der Waals surface area (Å²) in [6, 6.07) is 0. The summed E-state index contributed by atoms with van der Waals surface area (Å²) in [6.07, 6.45) is 0. The van der Waals surface area contributed by atoms with E-state index in [1.54, 1.807) is 6.92 Å². The van der Waals surface area contributed by atoms with Crippen LogP contribution in [0.3, 0.4) is 0 Å². The molecule has 0 amide bonds. The van der Waals surface area contributed by atoms with E-state index < -0.39 is 12.2 Å². The Balaban J connectivity index is 3.71. The first-order chi connectivity index (χ1) is 3.50. The summed E-state index contributed by atoms with van der Waals surface area (Å²) in [5, 5.41) is 0. The highest BCUT2D eigenvalue weighted by atomic mass is 19.1. The van der Waals surface area contributed by atoms with E-state index in [4.69, 9.17) is 5.73 Å². The minimum atomic E-state index is -0.625. The van der Waals surface area contributed by atoms with Gasteiger partial charge in [0.2, 0.25) is 0 Å². The van der Waals surface area contributed by atoms with Gasteiger partial charge in [0, 0.05) is 5.54 Å². The van der Waals surface area contributed by atoms with Crippen molar-refractivity contribution in [3.63, 3.8) is 0 Å². The lowest BCUT2D eigenvalue weighted by atomic mass is 9.91. The van der Waals surface area contributed by atoms with Crippen LogP contribution in [0.25, 0.3) is 0 Å². The third kappa shape index (κ3) is 1.78. The summed E-state index contributed by atoms with van der Waals surface area (Å²) in [4.78, 5) is 0. The van der Waals surface area contributed by atoms with Crippen LogP contribution in [0, 0.1) is 5.92 Å². The van der Waals surface area contributed by atoms with Crippen molar-refractivity contribution in [3.05, 3.63) is 0 Å². The van der Waals surface area contributed by atoms with Crippen molar-refractivity contribution in [2.45, 2.75) is 26.3 Å². The monoisotopic (exact) mass is 119 g/mol. The molecule has 0 fully saturated rings. The van der Waals surface area contributed by atoms with Gasteiger partial charge in [-0.25, -0.2) is 4.39 Å². The van der Waals surface area contributed by atoms with Gasteiger partial charge in [0.15, 0.2) is 0 Å². The maximum absolute atomic E-state index is 11.9. The summed E-state index contributed by atoms with van der Waals surface area (Å²) in [5.41, 5.74) is 4.86. The molecule has 0 aliphatic carbocycles. The van der Waals surface area contributed by atoms with Gasteiger partial charge in [0.05, 0.1) is 0 Å². The molecule has 0 saturated heterocycles. The van der Waals surface area contributed by atoms with Gasteiger partial charge in [-0.2, -0.15) is 0 Å². The van der Waals surface area contributed by atoms with Crippen molar-refractivity contribution in [1.29, 1.82) is 0 Å². The van der Waals surface area contributed by atoms with Crippen molar-refractivity contribution in [2.75, 3.05) is 6.67 Å². The zero-order valence-electron chi connectivity index (χ0n) is 5.74. The Morgan fingerprint density at radius 1 is 1.62 bits per heavy atom. The molecule has 2 heteroatoms. The van der Waals surface area contributed by atoms with Crippen LogP contribution < -0.4 is 5.73 Å². The van der Waals surface area contributed by atoms with Gasteiger partial charge in [-0.15, -0.1) is 0 Å². The van der Waals surface area contributed by atoms with Gasteiger partial charge < -0.3 is 5.73 Å². The number of rotatable bonds is 2. The third-order valence-electron chi connectivity index (χ3n) is 1.61. The Bertz CT molecular complexity index is 68.9. The van der Waals surface area contributed by atoms with E-state index in [1.165, 1.54) is 0 Å². The normalized spacial score (nSPS) is 18.8. The lowest BCUT2D eigenvalue weighted by Crippen LogP contribution is -2.43. The van der Waals surface area contributed by atoms with Gasteiger partial charge >= 0.3 is 0 Å². The van der Waals surface area contributed by atoms with Crippen LogP contribution in [0.5, 0.6) is 0 Å². The molecular formula is C6H14FN. The lowest BCUT2D eigenvalue weighted by molar-refractivity contribution is 0.257. The summed E-state index contributed by atoms with van der Waals surface area (Å²) in [6.45, 7) is 5.11. The fourth-order valence-electron chi connectivity index (χ4n) is 0.154. The zero-order valence-corrected chi connectivity index (χ0v) is 5.74. The summed E-state index contributed by atoms with van der Waals surface area (Å²) in [7, 11) is 0. The first-order valence-corrected chi connectivity index (χ1v) is 2.85. The van der Waals surface area contributed by atoms with E-state index in [1.807, 2.05) is 13.8 Å². The van der Waals surface area contributed by atoms with Crippen LogP contribution in [0.15, 0.2) is 0 Å². The van der Waals surface area contributed by atoms with Crippen molar-refractivity contribution in [2.24, 2.45) is 11.7 Å². The fourth-order valence-corrected chi connectivity index (χ4v) is 0.154. The maximum atomic E-state index is 11.9. The van der Waals surface area contributed by atoms with E-state index in [2.05, 4.69) is 0 Å². The fraction of sp³-hybridized carbons (Fsp3) is 1.00. The third-order valence-corrected chi connectivity index (χ3v) is 1.61. The molecule has 0 aromatic carbocycles. The molecule has 0 spiro atoms. The van der Waals surface area contributed by atoms with Gasteiger partial charge in [-0.1, -0.05) is 13.8 Å². The number of hydrogen-bond acceptors (Lipinski definition) is 1. The number of nitrogens with two attached hydrogens (primary N) is 1. The molecule has 0 aliphatic heterocycles. The standard InChI is InChI=1S/C6H14FN/c1-5(2)6(3,8)4-7/h5H,4,8H2,1-3H3. The second kappa shape index (κ2) is 2.44. The Morgan fingerprint density at radius 3 is 2.00 bits per heavy atom. The molecule has 0 saturated carbocycles. The molecule has 8 heavy (non-hydrogen) atoms. The molecule has 0 aromatic heterocycles. The Kier molecular flexibility index (Phi) is 2.41. The molecule has 0 radical (unpaired) electrons. The quantitative estimate of drug-likeness (QED) is 0.583. The second-order valence-electron chi connectivity index (χ2n) is 2.79. The molecule has 1 unspecified atom stereocenters. The molecule has 0 rings (SSSR count). The highest BCUT2D eigenvalue weighted by Crippen LogP contribution is 2.12. The highest BCUT2D eigenvalue weighted by Gasteiger charge is 2.21. The van der Waals surface area contributed by atoms with E-state index in [9.17, 15) is 4.39 Å². The largest absolute Gasteiger partial charge is 0.323 e. The molecule has 50 valence electrons. The van der Waals surface area contributed by atoms with Gasteiger partial charge in [-0.05, 0) is 12.8 Å². The van der Waals surface area contributed by atoms with Crippen LogP contribution in [-0.2, 0) is 0 Å². The second-order valence-corrected chi connectivity index (χ2v) is 2.79. The van der Waals surface area contributed by atoms with Crippen molar-refractivity contribution < 1.29 is 4.39 Å². The average Bonchev–Trinajstić information content (AvgIpc) is 1.67. The summed E-state index contributed by atoms with van der Waals surface area (Å²) < 4.78 is 11.9. The van der Waals surface area contributed by atoms with E-state index in [0.717, 1.165) is 0 Å². The van der Waals surface area contributed by atoms with E-state index in [-0.39, 0.29) is 5.92 Å². The molecule has 2 N–H and O–H groups in total. The number of alkyl halides is 1. The first kappa shape index (κ1) is 7.89. The molecule has 0 bridgehead atoms. The Labute approximate surface area is 50.1 Å². The molecule has 1 atom stereocenters.